The van der Waals surface area contributed by atoms with E-state index in [9.17, 15) is 9.59 Å². The quantitative estimate of drug-likeness (QED) is 0.928. The molecule has 1 heterocycles. The molecule has 0 saturated heterocycles. The number of hydrogen-bond donors (Lipinski definition) is 1. The lowest BCUT2D eigenvalue weighted by Gasteiger charge is -2.04. The van der Waals surface area contributed by atoms with Gasteiger partial charge in [-0.05, 0) is 24.1 Å². The molecule has 5 nitrogen and oxygen atoms in total. The van der Waals surface area contributed by atoms with E-state index in [1.54, 1.807) is 29.4 Å². The van der Waals surface area contributed by atoms with Crippen molar-refractivity contribution in [2.75, 3.05) is 6.54 Å². The number of hydrogen-bond acceptors (Lipinski definition) is 3. The molecule has 3 rings (SSSR count). The van der Waals surface area contributed by atoms with Crippen molar-refractivity contribution < 1.29 is 9.59 Å². The van der Waals surface area contributed by atoms with E-state index in [4.69, 9.17) is 0 Å². The number of carbonyl (C=O) groups is 2. The molecule has 1 N–H and O–H groups in total. The maximum atomic E-state index is 12.3. The van der Waals surface area contributed by atoms with Crippen molar-refractivity contribution in [3.8, 4) is 0 Å². The maximum Gasteiger partial charge on any atom is 0.224 e. The van der Waals surface area contributed by atoms with E-state index in [2.05, 4.69) is 10.3 Å². The number of benzene rings is 1. The van der Waals surface area contributed by atoms with Crippen molar-refractivity contribution in [1.29, 1.82) is 0 Å². The van der Waals surface area contributed by atoms with Gasteiger partial charge in [-0.2, -0.15) is 0 Å². The molecular formula is C16H15N3O2. The van der Waals surface area contributed by atoms with Gasteiger partial charge >= 0.3 is 0 Å². The number of fused-ring (bicyclic) bond motifs is 1. The van der Waals surface area contributed by atoms with Crippen molar-refractivity contribution in [2.24, 2.45) is 0 Å². The monoisotopic (exact) mass is 281 g/mol. The van der Waals surface area contributed by atoms with E-state index in [1.807, 2.05) is 25.1 Å². The number of ketones is 1. The largest absolute Gasteiger partial charge is 0.356 e. The normalized spacial score (nSPS) is 13.0. The fourth-order valence-electron chi connectivity index (χ4n) is 2.44. The third kappa shape index (κ3) is 2.50. The van der Waals surface area contributed by atoms with Gasteiger partial charge in [0.05, 0.1) is 18.4 Å². The standard InChI is InChI=1S/C16H15N3O2/c1-2-18-15(20)8-11-3-4-13-12(7-11)9-14(16(13)21)19-6-5-17-10-19/h3-7,9-10H,2,8H2,1H3,(H,18,20). The van der Waals surface area contributed by atoms with Gasteiger partial charge in [0, 0.05) is 24.5 Å². The van der Waals surface area contributed by atoms with Gasteiger partial charge in [-0.1, -0.05) is 18.2 Å². The van der Waals surface area contributed by atoms with Crippen LogP contribution in [0, 0.1) is 0 Å². The number of imidazole rings is 1. The Morgan fingerprint density at radius 1 is 1.38 bits per heavy atom. The molecule has 1 aliphatic carbocycles. The van der Waals surface area contributed by atoms with Crippen LogP contribution in [-0.2, 0) is 11.2 Å². The Morgan fingerprint density at radius 3 is 2.95 bits per heavy atom. The van der Waals surface area contributed by atoms with Gasteiger partial charge in [0.1, 0.15) is 0 Å². The van der Waals surface area contributed by atoms with Crippen LogP contribution in [0.25, 0.3) is 11.8 Å². The molecular weight excluding hydrogens is 266 g/mol. The zero-order valence-corrected chi connectivity index (χ0v) is 11.7. The number of likely N-dealkylation sites (N-methyl/N-ethyl adjacent to an activating group) is 1. The Morgan fingerprint density at radius 2 is 2.24 bits per heavy atom. The number of nitrogens with one attached hydrogen (secondary N) is 1. The van der Waals surface area contributed by atoms with Crippen molar-refractivity contribution in [2.45, 2.75) is 13.3 Å². The Hall–Kier alpha value is -2.69. The van der Waals surface area contributed by atoms with E-state index in [0.717, 1.165) is 11.1 Å². The Labute approximate surface area is 122 Å². The molecule has 0 saturated carbocycles. The molecule has 1 aliphatic rings. The topological polar surface area (TPSA) is 64.0 Å². The Kier molecular flexibility index (Phi) is 3.39. The average molecular weight is 281 g/mol. The van der Waals surface area contributed by atoms with Crippen LogP contribution in [0.4, 0.5) is 0 Å². The molecule has 106 valence electrons. The molecule has 0 unspecified atom stereocenters. The summed E-state index contributed by atoms with van der Waals surface area (Å²) in [4.78, 5) is 27.9. The highest BCUT2D eigenvalue weighted by Gasteiger charge is 2.23. The van der Waals surface area contributed by atoms with Crippen LogP contribution in [0.5, 0.6) is 0 Å². The second-order valence-corrected chi connectivity index (χ2v) is 4.88. The lowest BCUT2D eigenvalue weighted by Crippen LogP contribution is -2.24. The number of allylic oxidation sites excluding steroid dienone is 1. The molecule has 21 heavy (non-hydrogen) atoms. The zero-order valence-electron chi connectivity index (χ0n) is 11.7. The van der Waals surface area contributed by atoms with E-state index in [1.165, 1.54) is 0 Å². The second kappa shape index (κ2) is 5.36. The van der Waals surface area contributed by atoms with Crippen molar-refractivity contribution in [3.63, 3.8) is 0 Å². The zero-order chi connectivity index (χ0) is 14.8. The minimum absolute atomic E-state index is 0.0133. The molecule has 5 heteroatoms. The SMILES string of the molecule is CCNC(=O)Cc1ccc2c(c1)C=C(n1ccnc1)C2=O. The van der Waals surface area contributed by atoms with Gasteiger partial charge in [0.25, 0.3) is 0 Å². The van der Waals surface area contributed by atoms with Gasteiger partial charge in [-0.25, -0.2) is 4.98 Å². The highest BCUT2D eigenvalue weighted by molar-refractivity contribution is 6.33. The highest BCUT2D eigenvalue weighted by Crippen LogP contribution is 2.28. The van der Waals surface area contributed by atoms with Gasteiger partial charge in [-0.15, -0.1) is 0 Å². The number of nitrogens with zero attached hydrogens (tertiary/aromatic N) is 2. The lowest BCUT2D eigenvalue weighted by atomic mass is 10.0. The van der Waals surface area contributed by atoms with E-state index < -0.39 is 0 Å². The van der Waals surface area contributed by atoms with E-state index >= 15 is 0 Å². The third-order valence-corrected chi connectivity index (χ3v) is 3.41. The van der Waals surface area contributed by atoms with Gasteiger partial charge in [-0.3, -0.25) is 9.59 Å². The molecule has 1 aromatic carbocycles. The smallest absolute Gasteiger partial charge is 0.224 e. The average Bonchev–Trinajstić information content (AvgIpc) is 3.07. The molecule has 0 radical (unpaired) electrons. The Bertz CT molecular complexity index is 730. The molecule has 1 amide bonds. The predicted molar refractivity (Wildman–Crippen MR) is 79.6 cm³/mol. The molecule has 0 aliphatic heterocycles. The predicted octanol–water partition coefficient (Wildman–Crippen LogP) is 1.76. The minimum atomic E-state index is -0.0208. The van der Waals surface area contributed by atoms with Gasteiger partial charge in [0.15, 0.2) is 0 Å². The fourth-order valence-corrected chi connectivity index (χ4v) is 2.44. The summed E-state index contributed by atoms with van der Waals surface area (Å²) in [6, 6.07) is 5.51. The summed E-state index contributed by atoms with van der Waals surface area (Å²) in [5.41, 5.74) is 3.00. The first-order chi connectivity index (χ1) is 10.2. The van der Waals surface area contributed by atoms with Crippen LogP contribution < -0.4 is 5.32 Å². The fraction of sp³-hybridized carbons (Fsp3) is 0.188. The van der Waals surface area contributed by atoms with Crippen LogP contribution in [0.15, 0.2) is 36.9 Å². The minimum Gasteiger partial charge on any atom is -0.356 e. The summed E-state index contributed by atoms with van der Waals surface area (Å²) in [7, 11) is 0. The highest BCUT2D eigenvalue weighted by atomic mass is 16.1. The van der Waals surface area contributed by atoms with Crippen LogP contribution in [0.2, 0.25) is 0 Å². The summed E-state index contributed by atoms with van der Waals surface area (Å²) >= 11 is 0. The third-order valence-electron chi connectivity index (χ3n) is 3.41. The summed E-state index contributed by atoms with van der Waals surface area (Å²) < 4.78 is 1.70. The van der Waals surface area contributed by atoms with Crippen molar-refractivity contribution >= 4 is 23.5 Å². The number of carbonyl (C=O) groups excluding carboxylic acids is 2. The number of Topliss-reactive ketones (excluding diaryl/α,β-unsaturated/α-hetero) is 1. The van der Waals surface area contributed by atoms with Crippen molar-refractivity contribution in [1.82, 2.24) is 14.9 Å². The summed E-state index contributed by atoms with van der Waals surface area (Å²) in [6.07, 6.45) is 7.14. The lowest BCUT2D eigenvalue weighted by molar-refractivity contribution is -0.120. The molecule has 0 atom stereocenters. The maximum absolute atomic E-state index is 12.3. The van der Waals surface area contributed by atoms with E-state index in [0.29, 0.717) is 24.2 Å². The number of aromatic nitrogens is 2. The molecule has 0 bridgehead atoms. The molecule has 2 aromatic rings. The van der Waals surface area contributed by atoms with Gasteiger partial charge in [0.2, 0.25) is 11.7 Å². The van der Waals surface area contributed by atoms with Crippen LogP contribution in [0.1, 0.15) is 28.4 Å². The summed E-state index contributed by atoms with van der Waals surface area (Å²) in [6.45, 7) is 2.51. The molecule has 0 spiro atoms. The first kappa shape index (κ1) is 13.3. The second-order valence-electron chi connectivity index (χ2n) is 4.88. The van der Waals surface area contributed by atoms with E-state index in [-0.39, 0.29) is 11.7 Å². The van der Waals surface area contributed by atoms with Crippen molar-refractivity contribution in [3.05, 3.63) is 53.6 Å². The number of rotatable bonds is 4. The van der Waals surface area contributed by atoms with Gasteiger partial charge < -0.3 is 9.88 Å². The summed E-state index contributed by atoms with van der Waals surface area (Å²) in [5.74, 6) is -0.0341. The van der Waals surface area contributed by atoms with Crippen LogP contribution >= 0.6 is 0 Å². The van der Waals surface area contributed by atoms with Crippen LogP contribution in [-0.4, -0.2) is 27.8 Å². The first-order valence-electron chi connectivity index (χ1n) is 6.83. The Balaban J connectivity index is 1.89. The first-order valence-corrected chi connectivity index (χ1v) is 6.83. The molecule has 0 fully saturated rings. The summed E-state index contributed by atoms with van der Waals surface area (Å²) in [5, 5.41) is 2.77. The molecule has 1 aromatic heterocycles. The number of amides is 1. The van der Waals surface area contributed by atoms with Crippen LogP contribution in [0.3, 0.4) is 0 Å².